The number of ether oxygens (including phenoxy) is 1. The largest absolute Gasteiger partial charge is 0.481 e. The SMILES string of the molecule is COc1cc(-c2ccc3c(c2NC(=O)NS(C)(=O)=O)CCC3)ccn1. The number of hydrogen-bond acceptors (Lipinski definition) is 5. The van der Waals surface area contributed by atoms with Gasteiger partial charge in [-0.25, -0.2) is 22.9 Å². The number of methoxy groups -OCH3 is 1. The molecule has 0 bridgehead atoms. The molecule has 0 saturated heterocycles. The summed E-state index contributed by atoms with van der Waals surface area (Å²) in [6.45, 7) is 0. The van der Waals surface area contributed by atoms with Crippen molar-refractivity contribution in [3.63, 3.8) is 0 Å². The first-order chi connectivity index (χ1) is 11.9. The van der Waals surface area contributed by atoms with Gasteiger partial charge in [0.25, 0.3) is 0 Å². The van der Waals surface area contributed by atoms with Gasteiger partial charge in [-0.1, -0.05) is 12.1 Å². The quantitative estimate of drug-likeness (QED) is 0.871. The Morgan fingerprint density at radius 3 is 2.76 bits per heavy atom. The average Bonchev–Trinajstić information content (AvgIpc) is 3.02. The third kappa shape index (κ3) is 3.90. The molecular weight excluding hydrogens is 342 g/mol. The van der Waals surface area contributed by atoms with E-state index in [1.807, 2.05) is 22.9 Å². The monoisotopic (exact) mass is 361 g/mol. The Bertz CT molecular complexity index is 925. The second-order valence-electron chi connectivity index (χ2n) is 5.89. The third-order valence-electron chi connectivity index (χ3n) is 4.05. The van der Waals surface area contributed by atoms with Crippen LogP contribution in [0.25, 0.3) is 11.1 Å². The van der Waals surface area contributed by atoms with Crippen LogP contribution in [-0.4, -0.2) is 32.8 Å². The molecule has 7 nitrogen and oxygen atoms in total. The smallest absolute Gasteiger partial charge is 0.332 e. The molecule has 8 heteroatoms. The number of anilines is 1. The van der Waals surface area contributed by atoms with Gasteiger partial charge in [-0.05, 0) is 42.0 Å². The first-order valence-electron chi connectivity index (χ1n) is 7.81. The summed E-state index contributed by atoms with van der Waals surface area (Å²) in [6.07, 6.45) is 5.34. The summed E-state index contributed by atoms with van der Waals surface area (Å²) in [5.41, 5.74) is 4.46. The number of amides is 2. The Morgan fingerprint density at radius 1 is 1.24 bits per heavy atom. The number of pyridine rings is 1. The first kappa shape index (κ1) is 17.2. The number of sulfonamides is 1. The molecule has 1 aliphatic rings. The highest BCUT2D eigenvalue weighted by Crippen LogP contribution is 2.38. The summed E-state index contributed by atoms with van der Waals surface area (Å²) in [7, 11) is -2.10. The fourth-order valence-corrected chi connectivity index (χ4v) is 3.43. The third-order valence-corrected chi connectivity index (χ3v) is 4.61. The van der Waals surface area contributed by atoms with Crippen LogP contribution in [-0.2, 0) is 22.9 Å². The lowest BCUT2D eigenvalue weighted by atomic mass is 9.98. The molecule has 0 saturated carbocycles. The van der Waals surface area contributed by atoms with Crippen molar-refractivity contribution in [1.82, 2.24) is 9.71 Å². The highest BCUT2D eigenvalue weighted by Gasteiger charge is 2.21. The Labute approximate surface area is 146 Å². The molecular formula is C17H19N3O4S. The molecule has 3 rings (SSSR count). The van der Waals surface area contributed by atoms with Gasteiger partial charge in [-0.2, -0.15) is 0 Å². The van der Waals surface area contributed by atoms with Crippen molar-refractivity contribution >= 4 is 21.7 Å². The predicted octanol–water partition coefficient (Wildman–Crippen LogP) is 2.33. The molecule has 0 aliphatic heterocycles. The molecule has 1 heterocycles. The van der Waals surface area contributed by atoms with E-state index in [1.54, 1.807) is 12.3 Å². The number of fused-ring (bicyclic) bond motifs is 1. The normalized spacial score (nSPS) is 13.2. The maximum atomic E-state index is 12.1. The van der Waals surface area contributed by atoms with Gasteiger partial charge in [0, 0.05) is 17.8 Å². The van der Waals surface area contributed by atoms with E-state index in [-0.39, 0.29) is 0 Å². The summed E-state index contributed by atoms with van der Waals surface area (Å²) >= 11 is 0. The zero-order valence-electron chi connectivity index (χ0n) is 14.0. The second-order valence-corrected chi connectivity index (χ2v) is 7.64. The molecule has 2 aromatic rings. The van der Waals surface area contributed by atoms with Crippen LogP contribution in [0.1, 0.15) is 17.5 Å². The van der Waals surface area contributed by atoms with E-state index in [1.165, 1.54) is 12.7 Å². The minimum Gasteiger partial charge on any atom is -0.481 e. The van der Waals surface area contributed by atoms with Crippen LogP contribution in [0.15, 0.2) is 30.5 Å². The van der Waals surface area contributed by atoms with Crippen LogP contribution >= 0.6 is 0 Å². The number of rotatable bonds is 4. The van der Waals surface area contributed by atoms with Crippen molar-refractivity contribution in [2.45, 2.75) is 19.3 Å². The van der Waals surface area contributed by atoms with Crippen LogP contribution in [0.4, 0.5) is 10.5 Å². The Hall–Kier alpha value is -2.61. The van der Waals surface area contributed by atoms with E-state index in [4.69, 9.17) is 4.74 Å². The van der Waals surface area contributed by atoms with Gasteiger partial charge in [0.2, 0.25) is 15.9 Å². The lowest BCUT2D eigenvalue weighted by Gasteiger charge is -2.16. The summed E-state index contributed by atoms with van der Waals surface area (Å²) in [4.78, 5) is 16.2. The van der Waals surface area contributed by atoms with Crippen molar-refractivity contribution in [2.24, 2.45) is 0 Å². The molecule has 0 atom stereocenters. The van der Waals surface area contributed by atoms with E-state index in [2.05, 4.69) is 10.3 Å². The first-order valence-corrected chi connectivity index (χ1v) is 9.70. The van der Waals surface area contributed by atoms with E-state index >= 15 is 0 Å². The van der Waals surface area contributed by atoms with E-state index in [0.29, 0.717) is 11.6 Å². The highest BCUT2D eigenvalue weighted by atomic mass is 32.2. The Balaban J connectivity index is 2.05. The van der Waals surface area contributed by atoms with E-state index in [0.717, 1.165) is 42.2 Å². The molecule has 0 fully saturated rings. The van der Waals surface area contributed by atoms with Crippen molar-refractivity contribution < 1.29 is 17.9 Å². The van der Waals surface area contributed by atoms with Crippen LogP contribution in [0.5, 0.6) is 5.88 Å². The fraction of sp³-hybridized carbons (Fsp3) is 0.294. The number of nitrogens with zero attached hydrogens (tertiary/aromatic N) is 1. The lowest BCUT2D eigenvalue weighted by molar-refractivity contribution is 0.256. The summed E-state index contributed by atoms with van der Waals surface area (Å²) in [5, 5.41) is 2.71. The molecule has 132 valence electrons. The standard InChI is InChI=1S/C17H19N3O4S/c1-24-15-10-12(8-9-18-15)14-7-6-11-4-3-5-13(11)16(14)19-17(21)20-25(2,22)23/h6-10H,3-5H2,1-2H3,(H2,19,20,21). The number of benzene rings is 1. The second kappa shape index (κ2) is 6.72. The molecule has 0 unspecified atom stereocenters. The number of hydrogen-bond donors (Lipinski definition) is 2. The minimum absolute atomic E-state index is 0.463. The average molecular weight is 361 g/mol. The zero-order valence-corrected chi connectivity index (χ0v) is 14.8. The summed E-state index contributed by atoms with van der Waals surface area (Å²) in [5.74, 6) is 0.463. The van der Waals surface area contributed by atoms with E-state index in [9.17, 15) is 13.2 Å². The van der Waals surface area contributed by atoms with Gasteiger partial charge >= 0.3 is 6.03 Å². The van der Waals surface area contributed by atoms with Gasteiger partial charge in [0.15, 0.2) is 0 Å². The number of aromatic nitrogens is 1. The number of urea groups is 1. The van der Waals surface area contributed by atoms with Gasteiger partial charge in [-0.15, -0.1) is 0 Å². The topological polar surface area (TPSA) is 97.4 Å². The highest BCUT2D eigenvalue weighted by molar-refractivity contribution is 7.89. The minimum atomic E-state index is -3.64. The van der Waals surface area contributed by atoms with Crippen LogP contribution in [0.3, 0.4) is 0 Å². The molecule has 2 N–H and O–H groups in total. The summed E-state index contributed by atoms with van der Waals surface area (Å²) < 4.78 is 29.7. The van der Waals surface area contributed by atoms with Gasteiger partial charge in [0.05, 0.1) is 19.1 Å². The number of nitrogens with one attached hydrogen (secondary N) is 2. The van der Waals surface area contributed by atoms with Crippen molar-refractivity contribution in [3.05, 3.63) is 41.6 Å². The molecule has 2 amide bonds. The van der Waals surface area contributed by atoms with E-state index < -0.39 is 16.1 Å². The summed E-state index contributed by atoms with van der Waals surface area (Å²) in [6, 6.07) is 6.79. The van der Waals surface area contributed by atoms with Crippen molar-refractivity contribution in [2.75, 3.05) is 18.7 Å². The molecule has 1 aromatic carbocycles. The molecule has 1 aromatic heterocycles. The molecule has 0 spiro atoms. The Kier molecular flexibility index (Phi) is 4.63. The van der Waals surface area contributed by atoms with Gasteiger partial charge in [-0.3, -0.25) is 0 Å². The lowest BCUT2D eigenvalue weighted by Crippen LogP contribution is -2.33. The van der Waals surface area contributed by atoms with Gasteiger partial charge < -0.3 is 10.1 Å². The number of carbonyl (C=O) groups is 1. The molecule has 0 radical (unpaired) electrons. The maximum absolute atomic E-state index is 12.1. The van der Waals surface area contributed by atoms with Crippen LogP contribution < -0.4 is 14.8 Å². The predicted molar refractivity (Wildman–Crippen MR) is 95.2 cm³/mol. The molecule has 25 heavy (non-hydrogen) atoms. The van der Waals surface area contributed by atoms with Gasteiger partial charge in [0.1, 0.15) is 0 Å². The van der Waals surface area contributed by atoms with Crippen LogP contribution in [0.2, 0.25) is 0 Å². The van der Waals surface area contributed by atoms with Crippen molar-refractivity contribution in [3.8, 4) is 17.0 Å². The van der Waals surface area contributed by atoms with Crippen molar-refractivity contribution in [1.29, 1.82) is 0 Å². The number of aryl methyl sites for hydroxylation is 1. The Morgan fingerprint density at radius 2 is 2.04 bits per heavy atom. The van der Waals surface area contributed by atoms with Crippen LogP contribution in [0, 0.1) is 0 Å². The molecule has 1 aliphatic carbocycles. The fourth-order valence-electron chi connectivity index (χ4n) is 3.05. The number of carbonyl (C=O) groups excluding carboxylic acids is 1. The zero-order chi connectivity index (χ0) is 18.0. The maximum Gasteiger partial charge on any atom is 0.332 e.